The Labute approximate surface area is 130 Å². The molecule has 0 aromatic carbocycles. The first-order valence-corrected chi connectivity index (χ1v) is 8.31. The van der Waals surface area contributed by atoms with Crippen molar-refractivity contribution in [1.82, 2.24) is 14.9 Å². The normalized spacial score (nSPS) is 22.5. The summed E-state index contributed by atoms with van der Waals surface area (Å²) in [5.74, 6) is 0. The van der Waals surface area contributed by atoms with E-state index in [9.17, 15) is 0 Å². The van der Waals surface area contributed by atoms with E-state index in [4.69, 9.17) is 0 Å². The molecule has 3 rings (SSSR count). The molecule has 0 spiro atoms. The number of likely N-dealkylation sites (tertiary alicyclic amines) is 1. The Bertz CT molecular complexity index is 596. The molecule has 3 heterocycles. The van der Waals surface area contributed by atoms with E-state index in [1.165, 1.54) is 4.70 Å². The second kappa shape index (κ2) is 4.92. The highest BCUT2D eigenvalue weighted by Gasteiger charge is 2.43. The molecule has 4 nitrogen and oxygen atoms in total. The van der Waals surface area contributed by atoms with Crippen LogP contribution >= 0.6 is 11.3 Å². The number of anilines is 1. The van der Waals surface area contributed by atoms with Crippen molar-refractivity contribution >= 4 is 26.7 Å². The van der Waals surface area contributed by atoms with E-state index in [2.05, 4.69) is 54.9 Å². The van der Waals surface area contributed by atoms with Gasteiger partial charge in [0.2, 0.25) is 0 Å². The van der Waals surface area contributed by atoms with Gasteiger partial charge in [0.1, 0.15) is 5.52 Å². The van der Waals surface area contributed by atoms with Crippen LogP contribution in [-0.4, -0.2) is 39.0 Å². The molecule has 1 N–H and O–H groups in total. The van der Waals surface area contributed by atoms with Crippen molar-refractivity contribution in [1.29, 1.82) is 0 Å². The molecule has 21 heavy (non-hydrogen) atoms. The van der Waals surface area contributed by atoms with Gasteiger partial charge in [-0.2, -0.15) is 0 Å². The van der Waals surface area contributed by atoms with Gasteiger partial charge >= 0.3 is 0 Å². The van der Waals surface area contributed by atoms with Crippen molar-refractivity contribution in [3.05, 3.63) is 18.5 Å². The number of nitrogens with one attached hydrogen (secondary N) is 1. The van der Waals surface area contributed by atoms with Gasteiger partial charge in [-0.1, -0.05) is 11.3 Å². The maximum absolute atomic E-state index is 4.65. The van der Waals surface area contributed by atoms with Crippen LogP contribution in [0.1, 0.15) is 40.5 Å². The van der Waals surface area contributed by atoms with Gasteiger partial charge in [-0.25, -0.2) is 4.98 Å². The average molecular weight is 304 g/mol. The Balaban J connectivity index is 1.81. The predicted molar refractivity (Wildman–Crippen MR) is 90.0 cm³/mol. The smallest absolute Gasteiger partial charge is 0.184 e. The third-order valence-corrected chi connectivity index (χ3v) is 5.79. The summed E-state index contributed by atoms with van der Waals surface area (Å²) in [4.78, 5) is 11.3. The van der Waals surface area contributed by atoms with Crippen LogP contribution in [0.2, 0.25) is 0 Å². The molecule has 1 saturated heterocycles. The number of nitrogens with zero attached hydrogens (tertiary/aromatic N) is 3. The number of thiazole rings is 1. The minimum absolute atomic E-state index is 0.192. The van der Waals surface area contributed by atoms with E-state index in [1.807, 2.05) is 18.5 Å². The fourth-order valence-electron chi connectivity index (χ4n) is 3.49. The van der Waals surface area contributed by atoms with Crippen molar-refractivity contribution in [3.8, 4) is 0 Å². The van der Waals surface area contributed by atoms with Crippen LogP contribution in [0.25, 0.3) is 10.2 Å². The molecule has 0 atom stereocenters. The Kier molecular flexibility index (Phi) is 3.45. The summed E-state index contributed by atoms with van der Waals surface area (Å²) in [6.45, 7) is 9.30. The second-order valence-electron chi connectivity index (χ2n) is 7.30. The van der Waals surface area contributed by atoms with Crippen molar-refractivity contribution in [3.63, 3.8) is 0 Å². The summed E-state index contributed by atoms with van der Waals surface area (Å²) >= 11 is 1.72. The van der Waals surface area contributed by atoms with E-state index in [1.54, 1.807) is 11.3 Å². The molecule has 2 aromatic heterocycles. The maximum Gasteiger partial charge on any atom is 0.184 e. The Morgan fingerprint density at radius 1 is 1.24 bits per heavy atom. The molecule has 1 aliphatic rings. The highest BCUT2D eigenvalue weighted by atomic mass is 32.1. The van der Waals surface area contributed by atoms with Crippen LogP contribution < -0.4 is 5.32 Å². The first kappa shape index (κ1) is 14.7. The van der Waals surface area contributed by atoms with Gasteiger partial charge < -0.3 is 5.32 Å². The van der Waals surface area contributed by atoms with Crippen LogP contribution in [0, 0.1) is 0 Å². The molecule has 0 amide bonds. The molecule has 0 radical (unpaired) electrons. The topological polar surface area (TPSA) is 41.0 Å². The van der Waals surface area contributed by atoms with E-state index >= 15 is 0 Å². The summed E-state index contributed by atoms with van der Waals surface area (Å²) in [6.07, 6.45) is 5.91. The summed E-state index contributed by atoms with van der Waals surface area (Å²) < 4.78 is 1.19. The highest BCUT2D eigenvalue weighted by Crippen LogP contribution is 2.38. The van der Waals surface area contributed by atoms with E-state index < -0.39 is 0 Å². The van der Waals surface area contributed by atoms with Gasteiger partial charge in [0.05, 0.1) is 10.9 Å². The molecule has 0 bridgehead atoms. The standard InChI is InChI=1S/C16H24N4S/c1-15(2)8-11(9-16(3,4)20(15)5)18-14-19-12-10-17-7-6-13(12)21-14/h6-7,10-11H,8-9H2,1-5H3,(H,18,19). The fourth-order valence-corrected chi connectivity index (χ4v) is 4.40. The zero-order chi connectivity index (χ0) is 15.3. The molecule has 114 valence electrons. The van der Waals surface area contributed by atoms with Gasteiger partial charge in [-0.05, 0) is 53.7 Å². The zero-order valence-corrected chi connectivity index (χ0v) is 14.3. The van der Waals surface area contributed by atoms with Gasteiger partial charge in [0, 0.05) is 23.3 Å². The first-order valence-electron chi connectivity index (χ1n) is 7.49. The lowest BCUT2D eigenvalue weighted by molar-refractivity contribution is -0.00767. The molecule has 0 unspecified atom stereocenters. The number of rotatable bonds is 2. The van der Waals surface area contributed by atoms with Crippen molar-refractivity contribution in [2.24, 2.45) is 0 Å². The summed E-state index contributed by atoms with van der Waals surface area (Å²) in [5.41, 5.74) is 1.37. The third kappa shape index (κ3) is 2.77. The lowest BCUT2D eigenvalue weighted by atomic mass is 9.77. The molecule has 2 aromatic rings. The molecule has 5 heteroatoms. The number of fused-ring (bicyclic) bond motifs is 1. The summed E-state index contributed by atoms with van der Waals surface area (Å²) in [5, 5.41) is 4.67. The summed E-state index contributed by atoms with van der Waals surface area (Å²) in [6, 6.07) is 2.49. The Morgan fingerprint density at radius 2 is 1.90 bits per heavy atom. The van der Waals surface area contributed by atoms with Gasteiger partial charge in [0.25, 0.3) is 0 Å². The average Bonchev–Trinajstić information content (AvgIpc) is 2.77. The largest absolute Gasteiger partial charge is 0.359 e. The van der Waals surface area contributed by atoms with Crippen LogP contribution in [0.5, 0.6) is 0 Å². The molecule has 1 aliphatic heterocycles. The third-order valence-electron chi connectivity index (χ3n) is 4.83. The lowest BCUT2D eigenvalue weighted by Crippen LogP contribution is -2.61. The lowest BCUT2D eigenvalue weighted by Gasteiger charge is -2.53. The number of hydrogen-bond donors (Lipinski definition) is 1. The molecule has 1 fully saturated rings. The van der Waals surface area contributed by atoms with Crippen LogP contribution in [0.4, 0.5) is 5.13 Å². The van der Waals surface area contributed by atoms with Crippen molar-refractivity contribution in [2.45, 2.75) is 57.7 Å². The monoisotopic (exact) mass is 304 g/mol. The molecular formula is C16H24N4S. The minimum Gasteiger partial charge on any atom is -0.359 e. The minimum atomic E-state index is 0.192. The van der Waals surface area contributed by atoms with E-state index in [0.717, 1.165) is 23.5 Å². The van der Waals surface area contributed by atoms with Crippen molar-refractivity contribution < 1.29 is 0 Å². The number of hydrogen-bond acceptors (Lipinski definition) is 5. The molecule has 0 aliphatic carbocycles. The number of pyridine rings is 1. The maximum atomic E-state index is 4.65. The molecule has 0 saturated carbocycles. The Morgan fingerprint density at radius 3 is 2.52 bits per heavy atom. The highest BCUT2D eigenvalue weighted by molar-refractivity contribution is 7.22. The SMILES string of the molecule is CN1C(C)(C)CC(Nc2nc3cnccc3s2)CC1(C)C. The zero-order valence-electron chi connectivity index (χ0n) is 13.5. The quantitative estimate of drug-likeness (QED) is 0.917. The van der Waals surface area contributed by atoms with E-state index in [-0.39, 0.29) is 11.1 Å². The van der Waals surface area contributed by atoms with Gasteiger partial charge in [-0.3, -0.25) is 9.88 Å². The van der Waals surface area contributed by atoms with Crippen LogP contribution in [0.15, 0.2) is 18.5 Å². The Hall–Kier alpha value is -1.20. The van der Waals surface area contributed by atoms with Crippen molar-refractivity contribution in [2.75, 3.05) is 12.4 Å². The van der Waals surface area contributed by atoms with Gasteiger partial charge in [-0.15, -0.1) is 0 Å². The second-order valence-corrected chi connectivity index (χ2v) is 8.33. The van der Waals surface area contributed by atoms with E-state index in [0.29, 0.717) is 6.04 Å². The number of aromatic nitrogens is 2. The fraction of sp³-hybridized carbons (Fsp3) is 0.625. The number of piperidine rings is 1. The summed E-state index contributed by atoms with van der Waals surface area (Å²) in [7, 11) is 2.24. The van der Waals surface area contributed by atoms with Gasteiger partial charge in [0.15, 0.2) is 5.13 Å². The van der Waals surface area contributed by atoms with Crippen LogP contribution in [-0.2, 0) is 0 Å². The first-order chi connectivity index (χ1) is 9.78. The van der Waals surface area contributed by atoms with Crippen LogP contribution in [0.3, 0.4) is 0 Å². The predicted octanol–water partition coefficient (Wildman–Crippen LogP) is 3.75. The molecular weight excluding hydrogens is 280 g/mol.